The number of rotatable bonds is 14. The van der Waals surface area contributed by atoms with E-state index in [0.717, 1.165) is 38.5 Å². The minimum absolute atomic E-state index is 0.0257. The molecule has 4 unspecified atom stereocenters. The van der Waals surface area contributed by atoms with E-state index >= 15 is 0 Å². The predicted molar refractivity (Wildman–Crippen MR) is 179 cm³/mol. The van der Waals surface area contributed by atoms with Crippen molar-refractivity contribution in [3.05, 3.63) is 108 Å². The summed E-state index contributed by atoms with van der Waals surface area (Å²) in [4.78, 5) is 59.1. The van der Waals surface area contributed by atoms with Gasteiger partial charge in [0.25, 0.3) is 0 Å². The third-order valence-electron chi connectivity index (χ3n) is 7.89. The van der Waals surface area contributed by atoms with Crippen molar-refractivity contribution in [2.24, 2.45) is 5.73 Å². The molecule has 0 fully saturated rings. The standard InChI is InChI=1S/C34H36N6O5S/c35-25(19-46)31(41)38-29(15-21-17-36-26-12-6-4-10-23(21)26)33(43)39-28(14-20-8-2-1-3-9-20)32(42)40-30(34(44)45)16-22-18-37-27-13-7-5-11-24(22)27/h1-13,17-18,25,28-30,36-37,46H,14-16,19,35H2,(H,38,41)(H,39,43)(H,40,42)(H,44,45). The number of thiol groups is 1. The summed E-state index contributed by atoms with van der Waals surface area (Å²) in [6, 6.07) is 19.7. The van der Waals surface area contributed by atoms with Crippen molar-refractivity contribution in [1.82, 2.24) is 25.9 Å². The average molecular weight is 641 g/mol. The molecule has 2 heterocycles. The number of hydrogen-bond donors (Lipinski definition) is 8. The van der Waals surface area contributed by atoms with Crippen LogP contribution in [-0.4, -0.2) is 68.7 Å². The molecule has 5 rings (SSSR count). The van der Waals surface area contributed by atoms with Gasteiger partial charge in [-0.2, -0.15) is 12.6 Å². The van der Waals surface area contributed by atoms with Crippen molar-refractivity contribution < 1.29 is 24.3 Å². The fraction of sp³-hybridized carbons (Fsp3) is 0.235. The van der Waals surface area contributed by atoms with Crippen LogP contribution in [0.4, 0.5) is 0 Å². The Kier molecular flexibility index (Phi) is 10.4. The van der Waals surface area contributed by atoms with E-state index in [4.69, 9.17) is 5.73 Å². The first-order chi connectivity index (χ1) is 22.2. The van der Waals surface area contributed by atoms with Crippen LogP contribution in [0.5, 0.6) is 0 Å². The van der Waals surface area contributed by atoms with Crippen molar-refractivity contribution in [1.29, 1.82) is 0 Å². The number of aromatic amines is 2. The number of carboxylic acid groups (broad SMARTS) is 1. The molecule has 3 amide bonds. The van der Waals surface area contributed by atoms with Crippen LogP contribution in [-0.2, 0) is 38.4 Å². The number of nitrogens with one attached hydrogen (secondary N) is 5. The maximum absolute atomic E-state index is 13.9. The SMILES string of the molecule is NC(CS)C(=O)NC(Cc1c[nH]c2ccccc12)C(=O)NC(Cc1ccccc1)C(=O)NC(Cc1c[nH]c2ccccc12)C(=O)O. The number of carbonyl (C=O) groups excluding carboxylic acids is 3. The Labute approximate surface area is 270 Å². The maximum atomic E-state index is 13.9. The highest BCUT2D eigenvalue weighted by Gasteiger charge is 2.31. The fourth-order valence-electron chi connectivity index (χ4n) is 5.42. The van der Waals surface area contributed by atoms with Gasteiger partial charge >= 0.3 is 5.97 Å². The Hall–Kier alpha value is -5.07. The highest BCUT2D eigenvalue weighted by atomic mass is 32.1. The van der Waals surface area contributed by atoms with E-state index in [1.165, 1.54) is 0 Å². The first kappa shape index (κ1) is 32.3. The van der Waals surface area contributed by atoms with E-state index in [1.54, 1.807) is 12.4 Å². The number of hydrogen-bond acceptors (Lipinski definition) is 6. The number of carbonyl (C=O) groups is 4. The van der Waals surface area contributed by atoms with Crippen molar-refractivity contribution >= 4 is 58.1 Å². The van der Waals surface area contributed by atoms with Gasteiger partial charge in [0.2, 0.25) is 17.7 Å². The number of benzene rings is 3. The second-order valence-electron chi connectivity index (χ2n) is 11.1. The van der Waals surface area contributed by atoms with Gasteiger partial charge in [0, 0.05) is 59.2 Å². The number of fused-ring (bicyclic) bond motifs is 2. The second-order valence-corrected chi connectivity index (χ2v) is 11.5. The molecule has 0 aliphatic heterocycles. The summed E-state index contributed by atoms with van der Waals surface area (Å²) in [6.45, 7) is 0. The molecule has 12 heteroatoms. The largest absolute Gasteiger partial charge is 0.480 e. The van der Waals surface area contributed by atoms with E-state index in [9.17, 15) is 24.3 Å². The van der Waals surface area contributed by atoms with Gasteiger partial charge < -0.3 is 36.8 Å². The summed E-state index contributed by atoms with van der Waals surface area (Å²) in [5, 5.41) is 19.9. The predicted octanol–water partition coefficient (Wildman–Crippen LogP) is 2.47. The Morgan fingerprint density at radius 1 is 0.652 bits per heavy atom. The quantitative estimate of drug-likeness (QED) is 0.0863. The van der Waals surface area contributed by atoms with Crippen LogP contribution in [0.3, 0.4) is 0 Å². The first-order valence-corrected chi connectivity index (χ1v) is 15.5. The van der Waals surface area contributed by atoms with Crippen LogP contribution >= 0.6 is 12.6 Å². The minimum Gasteiger partial charge on any atom is -0.480 e. The normalized spacial score (nSPS) is 13.9. The number of amides is 3. The number of aliphatic carboxylic acids is 1. The van der Waals surface area contributed by atoms with Crippen LogP contribution in [0.2, 0.25) is 0 Å². The molecule has 0 saturated carbocycles. The maximum Gasteiger partial charge on any atom is 0.326 e. The highest BCUT2D eigenvalue weighted by molar-refractivity contribution is 7.80. The molecule has 3 aromatic carbocycles. The molecule has 0 radical (unpaired) electrons. The van der Waals surface area contributed by atoms with Crippen LogP contribution in [0.15, 0.2) is 91.3 Å². The summed E-state index contributed by atoms with van der Waals surface area (Å²) in [6.07, 6.45) is 3.72. The molecular weight excluding hydrogens is 604 g/mol. The summed E-state index contributed by atoms with van der Waals surface area (Å²) in [5.74, 6) is -3.00. The van der Waals surface area contributed by atoms with Gasteiger partial charge in [0.05, 0.1) is 6.04 Å². The smallest absolute Gasteiger partial charge is 0.326 e. The monoisotopic (exact) mass is 640 g/mol. The topological polar surface area (TPSA) is 182 Å². The van der Waals surface area contributed by atoms with E-state index < -0.39 is 47.9 Å². The van der Waals surface area contributed by atoms with Crippen molar-refractivity contribution in [2.45, 2.75) is 43.4 Å². The molecule has 5 aromatic rings. The number of para-hydroxylation sites is 2. The lowest BCUT2D eigenvalue weighted by Crippen LogP contribution is -2.58. The molecule has 46 heavy (non-hydrogen) atoms. The summed E-state index contributed by atoms with van der Waals surface area (Å²) >= 11 is 4.11. The average Bonchev–Trinajstić information content (AvgIpc) is 3.67. The minimum atomic E-state index is -1.27. The zero-order chi connectivity index (χ0) is 32.6. The molecule has 4 atom stereocenters. The Bertz CT molecular complexity index is 1840. The molecule has 0 spiro atoms. The number of H-pyrrole nitrogens is 2. The van der Waals surface area contributed by atoms with Crippen molar-refractivity contribution in [2.75, 3.05) is 5.75 Å². The Morgan fingerprint density at radius 2 is 1.11 bits per heavy atom. The second kappa shape index (κ2) is 14.8. The van der Waals surface area contributed by atoms with Gasteiger partial charge in [-0.3, -0.25) is 14.4 Å². The van der Waals surface area contributed by atoms with Crippen LogP contribution in [0, 0.1) is 0 Å². The molecule has 11 nitrogen and oxygen atoms in total. The first-order valence-electron chi connectivity index (χ1n) is 14.9. The van der Waals surface area contributed by atoms with Gasteiger partial charge in [-0.05, 0) is 28.8 Å². The summed E-state index contributed by atoms with van der Waals surface area (Å²) in [7, 11) is 0. The Balaban J connectivity index is 1.39. The fourth-order valence-corrected chi connectivity index (χ4v) is 5.58. The molecule has 238 valence electrons. The van der Waals surface area contributed by atoms with Gasteiger partial charge in [-0.1, -0.05) is 66.7 Å². The number of carboxylic acids is 1. The summed E-state index contributed by atoms with van der Waals surface area (Å²) in [5.41, 5.74) is 9.89. The van der Waals surface area contributed by atoms with E-state index in [-0.39, 0.29) is 25.0 Å². The van der Waals surface area contributed by atoms with E-state index in [0.29, 0.717) is 0 Å². The zero-order valence-electron chi connectivity index (χ0n) is 24.9. The van der Waals surface area contributed by atoms with Crippen LogP contribution in [0.1, 0.15) is 16.7 Å². The molecule has 0 aliphatic carbocycles. The molecule has 0 bridgehead atoms. The zero-order valence-corrected chi connectivity index (χ0v) is 25.8. The number of nitrogens with two attached hydrogens (primary N) is 1. The Morgan fingerprint density at radius 3 is 1.65 bits per heavy atom. The lowest BCUT2D eigenvalue weighted by molar-refractivity contribution is -0.142. The van der Waals surface area contributed by atoms with Gasteiger partial charge in [0.1, 0.15) is 18.1 Å². The van der Waals surface area contributed by atoms with Crippen molar-refractivity contribution in [3.63, 3.8) is 0 Å². The molecule has 8 N–H and O–H groups in total. The van der Waals surface area contributed by atoms with Gasteiger partial charge in [-0.25, -0.2) is 4.79 Å². The lowest BCUT2D eigenvalue weighted by Gasteiger charge is -2.25. The number of aromatic nitrogens is 2. The van der Waals surface area contributed by atoms with Crippen LogP contribution < -0.4 is 21.7 Å². The molecule has 2 aromatic heterocycles. The van der Waals surface area contributed by atoms with Crippen molar-refractivity contribution in [3.8, 4) is 0 Å². The third-order valence-corrected chi connectivity index (χ3v) is 8.29. The van der Waals surface area contributed by atoms with E-state index in [1.807, 2.05) is 78.9 Å². The van der Waals surface area contributed by atoms with E-state index in [2.05, 4.69) is 38.5 Å². The van der Waals surface area contributed by atoms with Gasteiger partial charge in [0.15, 0.2) is 0 Å². The van der Waals surface area contributed by atoms with Gasteiger partial charge in [-0.15, -0.1) is 0 Å². The van der Waals surface area contributed by atoms with Crippen LogP contribution in [0.25, 0.3) is 21.8 Å². The third kappa shape index (κ3) is 7.76. The highest BCUT2D eigenvalue weighted by Crippen LogP contribution is 2.21. The molecular formula is C34H36N6O5S. The molecule has 0 saturated heterocycles. The molecule has 0 aliphatic rings. The summed E-state index contributed by atoms with van der Waals surface area (Å²) < 4.78 is 0. The lowest BCUT2D eigenvalue weighted by atomic mass is 10.0.